The van der Waals surface area contributed by atoms with E-state index >= 15 is 0 Å². The molecule has 2 aromatic rings. The second-order valence-electron chi connectivity index (χ2n) is 4.08. The number of nitrogens with one attached hydrogen (secondary N) is 1. The number of benzene rings is 1. The van der Waals surface area contributed by atoms with Crippen LogP contribution in [0.5, 0.6) is 0 Å². The molecule has 0 saturated carbocycles. The molecule has 0 spiro atoms. The van der Waals surface area contributed by atoms with Crippen LogP contribution in [-0.2, 0) is 6.42 Å². The fourth-order valence-electron chi connectivity index (χ4n) is 1.67. The van der Waals surface area contributed by atoms with E-state index in [-0.39, 0.29) is 0 Å². The standard InChI is InChI=1S/C13H15BrClN3O/c1-2-16-7-3-4-12-17-18-13(19-12)10-6-5-9(15)8-11(10)14/h5-6,8,16H,2-4,7H2,1H3. The summed E-state index contributed by atoms with van der Waals surface area (Å²) in [4.78, 5) is 0. The lowest BCUT2D eigenvalue weighted by molar-refractivity contribution is 0.492. The van der Waals surface area contributed by atoms with Crippen molar-refractivity contribution in [1.29, 1.82) is 0 Å². The van der Waals surface area contributed by atoms with Crippen molar-refractivity contribution in [1.82, 2.24) is 15.5 Å². The highest BCUT2D eigenvalue weighted by molar-refractivity contribution is 9.10. The Hall–Kier alpha value is -0.910. The van der Waals surface area contributed by atoms with Crippen molar-refractivity contribution in [3.05, 3.63) is 33.6 Å². The van der Waals surface area contributed by atoms with E-state index in [1.807, 2.05) is 12.1 Å². The Kier molecular flexibility index (Phi) is 5.36. The Morgan fingerprint density at radius 2 is 2.21 bits per heavy atom. The quantitative estimate of drug-likeness (QED) is 0.812. The van der Waals surface area contributed by atoms with E-state index in [1.165, 1.54) is 0 Å². The van der Waals surface area contributed by atoms with Crippen LogP contribution >= 0.6 is 27.5 Å². The molecular formula is C13H15BrClN3O. The Morgan fingerprint density at radius 1 is 1.37 bits per heavy atom. The monoisotopic (exact) mass is 343 g/mol. The minimum absolute atomic E-state index is 0.516. The molecule has 0 aliphatic heterocycles. The molecule has 1 N–H and O–H groups in total. The first kappa shape index (κ1) is 14.5. The average molecular weight is 345 g/mol. The Balaban J connectivity index is 2.04. The first-order chi connectivity index (χ1) is 9.20. The minimum atomic E-state index is 0.516. The lowest BCUT2D eigenvalue weighted by atomic mass is 10.2. The highest BCUT2D eigenvalue weighted by atomic mass is 79.9. The van der Waals surface area contributed by atoms with Crippen molar-refractivity contribution in [2.75, 3.05) is 13.1 Å². The van der Waals surface area contributed by atoms with Crippen molar-refractivity contribution in [3.8, 4) is 11.5 Å². The summed E-state index contributed by atoms with van der Waals surface area (Å²) in [6, 6.07) is 5.48. The summed E-state index contributed by atoms with van der Waals surface area (Å²) in [5, 5.41) is 12.0. The van der Waals surface area contributed by atoms with E-state index in [9.17, 15) is 0 Å². The molecule has 4 nitrogen and oxygen atoms in total. The van der Waals surface area contributed by atoms with Crippen molar-refractivity contribution < 1.29 is 4.42 Å². The van der Waals surface area contributed by atoms with Crippen molar-refractivity contribution in [3.63, 3.8) is 0 Å². The number of aryl methyl sites for hydroxylation is 1. The van der Waals surface area contributed by atoms with Crippen LogP contribution in [0.3, 0.4) is 0 Å². The molecule has 0 amide bonds. The lowest BCUT2D eigenvalue weighted by Crippen LogP contribution is -2.14. The summed E-state index contributed by atoms with van der Waals surface area (Å²) >= 11 is 9.35. The Labute approximate surface area is 125 Å². The minimum Gasteiger partial charge on any atom is -0.421 e. The highest BCUT2D eigenvalue weighted by Gasteiger charge is 2.11. The maximum absolute atomic E-state index is 5.90. The number of nitrogens with zero attached hydrogens (tertiary/aromatic N) is 2. The topological polar surface area (TPSA) is 51.0 Å². The van der Waals surface area contributed by atoms with E-state index < -0.39 is 0 Å². The fraction of sp³-hybridized carbons (Fsp3) is 0.385. The number of aromatic nitrogens is 2. The zero-order chi connectivity index (χ0) is 13.7. The summed E-state index contributed by atoms with van der Waals surface area (Å²) < 4.78 is 6.50. The van der Waals surface area contributed by atoms with Gasteiger partial charge in [0.05, 0.1) is 5.56 Å². The largest absolute Gasteiger partial charge is 0.421 e. The Bertz CT molecular complexity index is 544. The van der Waals surface area contributed by atoms with Crippen LogP contribution in [0.15, 0.2) is 27.1 Å². The number of halogens is 2. The van der Waals surface area contributed by atoms with E-state index in [4.69, 9.17) is 16.0 Å². The Morgan fingerprint density at radius 3 is 2.95 bits per heavy atom. The first-order valence-electron chi connectivity index (χ1n) is 6.19. The molecule has 2 rings (SSSR count). The van der Waals surface area contributed by atoms with Gasteiger partial charge in [0.25, 0.3) is 0 Å². The third kappa shape index (κ3) is 4.03. The number of hydrogen-bond donors (Lipinski definition) is 1. The summed E-state index contributed by atoms with van der Waals surface area (Å²) in [7, 11) is 0. The van der Waals surface area contributed by atoms with E-state index in [2.05, 4.69) is 38.4 Å². The number of rotatable bonds is 6. The van der Waals surface area contributed by atoms with Crippen LogP contribution in [0.1, 0.15) is 19.2 Å². The van der Waals surface area contributed by atoms with Gasteiger partial charge >= 0.3 is 0 Å². The molecule has 1 heterocycles. The van der Waals surface area contributed by atoms with Gasteiger partial charge in [-0.3, -0.25) is 0 Å². The molecule has 6 heteroatoms. The lowest BCUT2D eigenvalue weighted by Gasteiger charge is -2.00. The molecular weight excluding hydrogens is 330 g/mol. The molecule has 19 heavy (non-hydrogen) atoms. The van der Waals surface area contributed by atoms with Gasteiger partial charge in [-0.1, -0.05) is 18.5 Å². The normalized spacial score (nSPS) is 10.9. The molecule has 0 aliphatic carbocycles. The van der Waals surface area contributed by atoms with E-state index in [0.717, 1.165) is 36.0 Å². The van der Waals surface area contributed by atoms with Crippen LogP contribution < -0.4 is 5.32 Å². The predicted molar refractivity (Wildman–Crippen MR) is 79.3 cm³/mol. The SMILES string of the molecule is CCNCCCc1nnc(-c2ccc(Cl)cc2Br)o1. The molecule has 0 unspecified atom stereocenters. The van der Waals surface area contributed by atoms with Gasteiger partial charge < -0.3 is 9.73 Å². The molecule has 102 valence electrons. The molecule has 1 aromatic carbocycles. The van der Waals surface area contributed by atoms with E-state index in [0.29, 0.717) is 16.8 Å². The first-order valence-corrected chi connectivity index (χ1v) is 7.36. The van der Waals surface area contributed by atoms with Gasteiger partial charge in [0, 0.05) is 15.9 Å². The maximum atomic E-state index is 5.90. The van der Waals surface area contributed by atoms with Crippen molar-refractivity contribution in [2.45, 2.75) is 19.8 Å². The molecule has 1 aromatic heterocycles. The smallest absolute Gasteiger partial charge is 0.248 e. The van der Waals surface area contributed by atoms with Crippen LogP contribution in [0, 0.1) is 0 Å². The highest BCUT2D eigenvalue weighted by Crippen LogP contribution is 2.29. The van der Waals surface area contributed by atoms with Crippen LogP contribution in [-0.4, -0.2) is 23.3 Å². The third-order valence-corrected chi connectivity index (χ3v) is 3.51. The van der Waals surface area contributed by atoms with Crippen LogP contribution in [0.4, 0.5) is 0 Å². The maximum Gasteiger partial charge on any atom is 0.248 e. The summed E-state index contributed by atoms with van der Waals surface area (Å²) in [5.74, 6) is 1.18. The van der Waals surface area contributed by atoms with Gasteiger partial charge in [0.15, 0.2) is 0 Å². The molecule has 0 bridgehead atoms. The second kappa shape index (κ2) is 7.03. The molecule has 0 aliphatic rings. The summed E-state index contributed by atoms with van der Waals surface area (Å²) in [6.07, 6.45) is 1.77. The van der Waals surface area contributed by atoms with E-state index in [1.54, 1.807) is 6.07 Å². The molecule has 0 radical (unpaired) electrons. The summed E-state index contributed by atoms with van der Waals surface area (Å²) in [6.45, 7) is 4.02. The van der Waals surface area contributed by atoms with Gasteiger partial charge in [-0.2, -0.15) is 0 Å². The van der Waals surface area contributed by atoms with Gasteiger partial charge in [0.2, 0.25) is 11.8 Å². The van der Waals surface area contributed by atoms with Crippen LogP contribution in [0.25, 0.3) is 11.5 Å². The van der Waals surface area contributed by atoms with Crippen LogP contribution in [0.2, 0.25) is 5.02 Å². The molecule has 0 atom stereocenters. The third-order valence-electron chi connectivity index (χ3n) is 2.62. The van der Waals surface area contributed by atoms with Gasteiger partial charge in [-0.05, 0) is 53.6 Å². The van der Waals surface area contributed by atoms with Gasteiger partial charge in [0.1, 0.15) is 0 Å². The second-order valence-corrected chi connectivity index (χ2v) is 5.37. The van der Waals surface area contributed by atoms with Crippen molar-refractivity contribution >= 4 is 27.5 Å². The average Bonchev–Trinajstić information content (AvgIpc) is 2.83. The van der Waals surface area contributed by atoms with Crippen molar-refractivity contribution in [2.24, 2.45) is 0 Å². The molecule has 0 fully saturated rings. The van der Waals surface area contributed by atoms with Gasteiger partial charge in [-0.25, -0.2) is 0 Å². The fourth-order valence-corrected chi connectivity index (χ4v) is 2.52. The predicted octanol–water partition coefficient (Wildman–Crippen LogP) is 3.69. The number of hydrogen-bond acceptors (Lipinski definition) is 4. The summed E-state index contributed by atoms with van der Waals surface area (Å²) in [5.41, 5.74) is 0.856. The van der Waals surface area contributed by atoms with Gasteiger partial charge in [-0.15, -0.1) is 10.2 Å². The molecule has 0 saturated heterocycles. The zero-order valence-electron chi connectivity index (χ0n) is 10.6. The zero-order valence-corrected chi connectivity index (χ0v) is 13.0.